The molecule has 21 heavy (non-hydrogen) atoms. The molecule has 1 heterocycles. The minimum Gasteiger partial charge on any atom is -0.273 e. The first kappa shape index (κ1) is 13.9. The first-order chi connectivity index (χ1) is 10.2. The summed E-state index contributed by atoms with van der Waals surface area (Å²) in [7, 11) is 0. The predicted octanol–water partition coefficient (Wildman–Crippen LogP) is 4.25. The van der Waals surface area contributed by atoms with Gasteiger partial charge in [0.1, 0.15) is 0 Å². The summed E-state index contributed by atoms with van der Waals surface area (Å²) < 4.78 is 1.40. The Morgan fingerprint density at radius 2 is 2.00 bits per heavy atom. The Kier molecular flexibility index (Phi) is 4.06. The van der Waals surface area contributed by atoms with Crippen LogP contribution in [0.4, 0.5) is 0 Å². The van der Waals surface area contributed by atoms with Gasteiger partial charge in [-0.25, -0.2) is 4.68 Å². The normalized spacial score (nSPS) is 12.4. The maximum absolute atomic E-state index is 12.0. The molecule has 3 nitrogen and oxygen atoms in total. The smallest absolute Gasteiger partial charge is 0.247 e. The summed E-state index contributed by atoms with van der Waals surface area (Å²) in [5.41, 5.74) is 0. The molecular formula is C17H16N2OS. The fraction of sp³-hybridized carbons (Fsp3) is 0.176. The van der Waals surface area contributed by atoms with Gasteiger partial charge in [-0.2, -0.15) is 5.10 Å². The van der Waals surface area contributed by atoms with Crippen molar-refractivity contribution in [3.63, 3.8) is 0 Å². The van der Waals surface area contributed by atoms with Gasteiger partial charge >= 0.3 is 0 Å². The van der Waals surface area contributed by atoms with Crippen LogP contribution in [0.25, 0.3) is 10.8 Å². The van der Waals surface area contributed by atoms with E-state index in [1.807, 2.05) is 12.1 Å². The number of fused-ring (bicyclic) bond motifs is 1. The van der Waals surface area contributed by atoms with E-state index >= 15 is 0 Å². The van der Waals surface area contributed by atoms with Crippen LogP contribution in [0, 0.1) is 0 Å². The largest absolute Gasteiger partial charge is 0.273 e. The number of nitrogens with zero attached hydrogens (tertiary/aromatic N) is 2. The summed E-state index contributed by atoms with van der Waals surface area (Å²) in [4.78, 5) is 13.2. The lowest BCUT2D eigenvalue weighted by molar-refractivity contribution is 0.0888. The van der Waals surface area contributed by atoms with E-state index < -0.39 is 0 Å². The lowest BCUT2D eigenvalue weighted by atomic mass is 10.1. The van der Waals surface area contributed by atoms with Crippen molar-refractivity contribution in [2.24, 2.45) is 0 Å². The third-order valence-corrected chi connectivity index (χ3v) is 4.38. The molecule has 1 atom stereocenters. The van der Waals surface area contributed by atoms with Crippen molar-refractivity contribution in [2.45, 2.75) is 23.5 Å². The van der Waals surface area contributed by atoms with Crippen LogP contribution < -0.4 is 0 Å². The number of carbonyl (C=O) groups is 1. The van der Waals surface area contributed by atoms with E-state index in [1.165, 1.54) is 20.3 Å². The molecule has 0 aliphatic rings. The summed E-state index contributed by atoms with van der Waals surface area (Å²) in [5.74, 6) is 0.0285. The lowest BCUT2D eigenvalue weighted by Crippen LogP contribution is -2.15. The molecule has 3 aromatic rings. The highest BCUT2D eigenvalue weighted by molar-refractivity contribution is 8.00. The molecule has 2 aromatic carbocycles. The zero-order valence-electron chi connectivity index (χ0n) is 11.8. The standard InChI is InChI=1S/C17H16N2OS/c1-13(11-17(20)19-10-4-9-18-19)21-16-8-7-14-5-2-3-6-15(14)12-16/h2-10,12-13H,11H2,1H3/t13-/m1/s1. The molecule has 4 heteroatoms. The van der Waals surface area contributed by atoms with Crippen LogP contribution >= 0.6 is 11.8 Å². The number of benzene rings is 2. The van der Waals surface area contributed by atoms with Gasteiger partial charge in [0, 0.05) is 29.0 Å². The molecule has 0 radical (unpaired) electrons. The van der Waals surface area contributed by atoms with Gasteiger partial charge in [0.2, 0.25) is 5.91 Å². The third-order valence-electron chi connectivity index (χ3n) is 3.28. The predicted molar refractivity (Wildman–Crippen MR) is 86.7 cm³/mol. The van der Waals surface area contributed by atoms with Gasteiger partial charge < -0.3 is 0 Å². The molecule has 0 bridgehead atoms. The van der Waals surface area contributed by atoms with Gasteiger partial charge in [0.05, 0.1) is 0 Å². The van der Waals surface area contributed by atoms with Crippen LogP contribution in [-0.2, 0) is 0 Å². The fourth-order valence-electron chi connectivity index (χ4n) is 2.27. The van der Waals surface area contributed by atoms with Crippen molar-refractivity contribution in [3.8, 4) is 0 Å². The van der Waals surface area contributed by atoms with E-state index in [1.54, 1.807) is 30.2 Å². The topological polar surface area (TPSA) is 34.9 Å². The molecule has 0 amide bonds. The molecule has 106 valence electrons. The summed E-state index contributed by atoms with van der Waals surface area (Å²) in [6.07, 6.45) is 3.79. The van der Waals surface area contributed by atoms with Crippen molar-refractivity contribution < 1.29 is 4.79 Å². The lowest BCUT2D eigenvalue weighted by Gasteiger charge is -2.11. The van der Waals surface area contributed by atoms with Gasteiger partial charge in [0.25, 0.3) is 0 Å². The highest BCUT2D eigenvalue weighted by Crippen LogP contribution is 2.28. The summed E-state index contributed by atoms with van der Waals surface area (Å²) >= 11 is 1.72. The quantitative estimate of drug-likeness (QED) is 0.675. The van der Waals surface area contributed by atoms with E-state index in [4.69, 9.17) is 0 Å². The molecular weight excluding hydrogens is 280 g/mol. The van der Waals surface area contributed by atoms with Gasteiger partial charge in [-0.3, -0.25) is 4.79 Å². The van der Waals surface area contributed by atoms with Crippen LogP contribution in [0.3, 0.4) is 0 Å². The van der Waals surface area contributed by atoms with Crippen LogP contribution in [0.2, 0.25) is 0 Å². The zero-order chi connectivity index (χ0) is 14.7. The Morgan fingerprint density at radius 1 is 1.19 bits per heavy atom. The first-order valence-electron chi connectivity index (χ1n) is 6.91. The number of hydrogen-bond acceptors (Lipinski definition) is 3. The average molecular weight is 296 g/mol. The van der Waals surface area contributed by atoms with Crippen molar-refractivity contribution in [2.75, 3.05) is 0 Å². The molecule has 0 N–H and O–H groups in total. The molecule has 3 rings (SSSR count). The molecule has 0 saturated heterocycles. The van der Waals surface area contributed by atoms with E-state index in [0.29, 0.717) is 6.42 Å². The van der Waals surface area contributed by atoms with Crippen LogP contribution in [0.5, 0.6) is 0 Å². The van der Waals surface area contributed by atoms with Gasteiger partial charge in [0.15, 0.2) is 0 Å². The number of rotatable bonds is 4. The Balaban J connectivity index is 1.68. The maximum Gasteiger partial charge on any atom is 0.247 e. The summed E-state index contributed by atoms with van der Waals surface area (Å²) in [5, 5.41) is 6.65. The number of carbonyl (C=O) groups excluding carboxylic acids is 1. The monoisotopic (exact) mass is 296 g/mol. The zero-order valence-corrected chi connectivity index (χ0v) is 12.6. The number of hydrogen-bond donors (Lipinski definition) is 0. The molecule has 0 unspecified atom stereocenters. The molecule has 0 fully saturated rings. The van der Waals surface area contributed by atoms with Gasteiger partial charge in [-0.05, 0) is 29.0 Å². The van der Waals surface area contributed by atoms with Crippen molar-refractivity contribution in [3.05, 3.63) is 60.9 Å². The molecule has 1 aromatic heterocycles. The second kappa shape index (κ2) is 6.14. The Morgan fingerprint density at radius 3 is 2.76 bits per heavy atom. The third kappa shape index (κ3) is 3.34. The van der Waals surface area contributed by atoms with E-state index in [2.05, 4.69) is 42.4 Å². The van der Waals surface area contributed by atoms with Crippen molar-refractivity contribution in [1.82, 2.24) is 9.78 Å². The number of thioether (sulfide) groups is 1. The SMILES string of the molecule is C[C@H](CC(=O)n1cccn1)Sc1ccc2ccccc2c1. The van der Waals surface area contributed by atoms with E-state index in [-0.39, 0.29) is 11.2 Å². The summed E-state index contributed by atoms with van der Waals surface area (Å²) in [6, 6.07) is 16.5. The Bertz CT molecular complexity index is 752. The first-order valence-corrected chi connectivity index (χ1v) is 7.78. The van der Waals surface area contributed by atoms with E-state index in [9.17, 15) is 4.79 Å². The molecule has 0 aliphatic carbocycles. The Labute approximate surface area is 128 Å². The van der Waals surface area contributed by atoms with Gasteiger partial charge in [-0.1, -0.05) is 37.3 Å². The minimum atomic E-state index is 0.0285. The maximum atomic E-state index is 12.0. The minimum absolute atomic E-state index is 0.0285. The molecule has 0 spiro atoms. The molecule has 0 saturated carbocycles. The Hall–Kier alpha value is -2.07. The van der Waals surface area contributed by atoms with Crippen molar-refractivity contribution >= 4 is 28.4 Å². The second-order valence-electron chi connectivity index (χ2n) is 4.99. The molecule has 0 aliphatic heterocycles. The summed E-state index contributed by atoms with van der Waals surface area (Å²) in [6.45, 7) is 2.07. The van der Waals surface area contributed by atoms with Crippen LogP contribution in [0.15, 0.2) is 65.8 Å². The van der Waals surface area contributed by atoms with Crippen LogP contribution in [0.1, 0.15) is 18.1 Å². The highest BCUT2D eigenvalue weighted by atomic mass is 32.2. The van der Waals surface area contributed by atoms with Gasteiger partial charge in [-0.15, -0.1) is 11.8 Å². The fourth-order valence-corrected chi connectivity index (χ4v) is 3.30. The second-order valence-corrected chi connectivity index (χ2v) is 6.50. The average Bonchev–Trinajstić information content (AvgIpc) is 3.01. The van der Waals surface area contributed by atoms with Crippen LogP contribution in [-0.4, -0.2) is 20.9 Å². The highest BCUT2D eigenvalue weighted by Gasteiger charge is 2.12. The number of aromatic nitrogens is 2. The van der Waals surface area contributed by atoms with Crippen molar-refractivity contribution in [1.29, 1.82) is 0 Å². The van der Waals surface area contributed by atoms with E-state index in [0.717, 1.165) is 0 Å².